The second-order valence-corrected chi connectivity index (χ2v) is 4.79. The number of rotatable bonds is 3. The molecule has 0 bridgehead atoms. The highest BCUT2D eigenvalue weighted by molar-refractivity contribution is 9.10. The molecule has 0 aliphatic heterocycles. The SMILES string of the molecule is Cc1nc(Br)ccc1NC(=O)Cc1ccccc1. The van der Waals surface area contributed by atoms with Crippen molar-refractivity contribution < 1.29 is 4.79 Å². The summed E-state index contributed by atoms with van der Waals surface area (Å²) in [4.78, 5) is 16.1. The Balaban J connectivity index is 2.03. The molecule has 0 aliphatic carbocycles. The lowest BCUT2D eigenvalue weighted by molar-refractivity contribution is -0.115. The number of amides is 1. The molecular formula is C14H13BrN2O. The lowest BCUT2D eigenvalue weighted by Gasteiger charge is -2.08. The van der Waals surface area contributed by atoms with Crippen LogP contribution in [-0.2, 0) is 11.2 Å². The molecule has 1 amide bonds. The van der Waals surface area contributed by atoms with Crippen LogP contribution in [0.5, 0.6) is 0 Å². The molecule has 1 aromatic heterocycles. The second kappa shape index (κ2) is 5.78. The molecule has 92 valence electrons. The molecular weight excluding hydrogens is 292 g/mol. The van der Waals surface area contributed by atoms with Crippen LogP contribution in [0.25, 0.3) is 0 Å². The molecule has 1 heterocycles. The number of halogens is 1. The van der Waals surface area contributed by atoms with Gasteiger partial charge in [0.2, 0.25) is 5.91 Å². The van der Waals surface area contributed by atoms with E-state index in [4.69, 9.17) is 0 Å². The number of hydrogen-bond donors (Lipinski definition) is 1. The fraction of sp³-hybridized carbons (Fsp3) is 0.143. The Bertz CT molecular complexity index is 555. The standard InChI is InChI=1S/C14H13BrN2O/c1-10-12(7-8-13(15)16-10)17-14(18)9-11-5-3-2-4-6-11/h2-8H,9H2,1H3,(H,17,18). The van der Waals surface area contributed by atoms with Crippen molar-refractivity contribution in [3.05, 3.63) is 58.3 Å². The molecule has 18 heavy (non-hydrogen) atoms. The Kier molecular flexibility index (Phi) is 4.10. The van der Waals surface area contributed by atoms with E-state index in [0.29, 0.717) is 6.42 Å². The van der Waals surface area contributed by atoms with Gasteiger partial charge >= 0.3 is 0 Å². The van der Waals surface area contributed by atoms with Crippen LogP contribution in [0.1, 0.15) is 11.3 Å². The topological polar surface area (TPSA) is 42.0 Å². The predicted octanol–water partition coefficient (Wildman–Crippen LogP) is 3.33. The fourth-order valence-electron chi connectivity index (χ4n) is 1.64. The number of nitrogens with zero attached hydrogens (tertiary/aromatic N) is 1. The number of benzene rings is 1. The number of aryl methyl sites for hydroxylation is 1. The maximum atomic E-state index is 11.9. The van der Waals surface area contributed by atoms with Crippen molar-refractivity contribution in [1.82, 2.24) is 4.98 Å². The van der Waals surface area contributed by atoms with E-state index in [1.165, 1.54) is 0 Å². The van der Waals surface area contributed by atoms with Gasteiger partial charge in [0.25, 0.3) is 0 Å². The number of nitrogens with one attached hydrogen (secondary N) is 1. The van der Waals surface area contributed by atoms with Gasteiger partial charge in [0.05, 0.1) is 17.8 Å². The molecule has 2 rings (SSSR count). The molecule has 0 unspecified atom stereocenters. The van der Waals surface area contributed by atoms with Crippen LogP contribution in [0.2, 0.25) is 0 Å². The maximum Gasteiger partial charge on any atom is 0.228 e. The van der Waals surface area contributed by atoms with Crippen LogP contribution in [0.15, 0.2) is 47.1 Å². The van der Waals surface area contributed by atoms with Gasteiger partial charge in [-0.1, -0.05) is 30.3 Å². The molecule has 0 saturated carbocycles. The van der Waals surface area contributed by atoms with E-state index in [1.54, 1.807) is 0 Å². The van der Waals surface area contributed by atoms with Crippen molar-refractivity contribution >= 4 is 27.5 Å². The van der Waals surface area contributed by atoms with Gasteiger partial charge in [-0.3, -0.25) is 4.79 Å². The minimum absolute atomic E-state index is 0.0339. The molecule has 1 N–H and O–H groups in total. The first-order valence-electron chi connectivity index (χ1n) is 5.62. The third-order valence-corrected chi connectivity index (χ3v) is 2.98. The highest BCUT2D eigenvalue weighted by atomic mass is 79.9. The summed E-state index contributed by atoms with van der Waals surface area (Å²) in [5.74, 6) is -0.0339. The normalized spacial score (nSPS) is 10.1. The maximum absolute atomic E-state index is 11.9. The van der Waals surface area contributed by atoms with Crippen molar-refractivity contribution in [2.75, 3.05) is 5.32 Å². The lowest BCUT2D eigenvalue weighted by atomic mass is 10.1. The van der Waals surface area contributed by atoms with Crippen LogP contribution in [0.4, 0.5) is 5.69 Å². The third kappa shape index (κ3) is 3.40. The summed E-state index contributed by atoms with van der Waals surface area (Å²) >= 11 is 3.29. The average Bonchev–Trinajstić information content (AvgIpc) is 2.34. The smallest absolute Gasteiger partial charge is 0.228 e. The van der Waals surface area contributed by atoms with E-state index in [1.807, 2.05) is 49.4 Å². The Labute approximate surface area is 114 Å². The highest BCUT2D eigenvalue weighted by Gasteiger charge is 2.06. The van der Waals surface area contributed by atoms with E-state index in [2.05, 4.69) is 26.2 Å². The van der Waals surface area contributed by atoms with Gasteiger partial charge in [-0.25, -0.2) is 4.98 Å². The molecule has 0 radical (unpaired) electrons. The van der Waals surface area contributed by atoms with E-state index in [9.17, 15) is 4.79 Å². The van der Waals surface area contributed by atoms with Crippen molar-refractivity contribution in [2.24, 2.45) is 0 Å². The molecule has 0 atom stereocenters. The van der Waals surface area contributed by atoms with Gasteiger partial charge in [0, 0.05) is 0 Å². The quantitative estimate of drug-likeness (QED) is 0.884. The van der Waals surface area contributed by atoms with Gasteiger partial charge in [0.1, 0.15) is 4.60 Å². The van der Waals surface area contributed by atoms with Crippen molar-refractivity contribution in [1.29, 1.82) is 0 Å². The fourth-order valence-corrected chi connectivity index (χ4v) is 2.04. The first-order chi connectivity index (χ1) is 8.65. The summed E-state index contributed by atoms with van der Waals surface area (Å²) in [5.41, 5.74) is 2.54. The first-order valence-corrected chi connectivity index (χ1v) is 6.41. The number of carbonyl (C=O) groups excluding carboxylic acids is 1. The van der Waals surface area contributed by atoms with Crippen LogP contribution in [0, 0.1) is 6.92 Å². The van der Waals surface area contributed by atoms with Crippen molar-refractivity contribution in [3.63, 3.8) is 0 Å². The zero-order valence-corrected chi connectivity index (χ0v) is 11.6. The van der Waals surface area contributed by atoms with Crippen LogP contribution in [-0.4, -0.2) is 10.9 Å². The highest BCUT2D eigenvalue weighted by Crippen LogP contribution is 2.16. The summed E-state index contributed by atoms with van der Waals surface area (Å²) in [6.07, 6.45) is 0.371. The summed E-state index contributed by atoms with van der Waals surface area (Å²) in [6.45, 7) is 1.86. The van der Waals surface area contributed by atoms with E-state index < -0.39 is 0 Å². The second-order valence-electron chi connectivity index (χ2n) is 3.98. The zero-order chi connectivity index (χ0) is 13.0. The Morgan fingerprint density at radius 1 is 1.22 bits per heavy atom. The van der Waals surface area contributed by atoms with Crippen molar-refractivity contribution in [3.8, 4) is 0 Å². The molecule has 0 fully saturated rings. The summed E-state index contributed by atoms with van der Waals surface area (Å²) in [5, 5.41) is 2.86. The van der Waals surface area contributed by atoms with Gasteiger partial charge < -0.3 is 5.32 Å². The number of anilines is 1. The van der Waals surface area contributed by atoms with Crippen LogP contribution >= 0.6 is 15.9 Å². The summed E-state index contributed by atoms with van der Waals surface area (Å²) in [6, 6.07) is 13.3. The van der Waals surface area contributed by atoms with Gasteiger partial charge in [-0.2, -0.15) is 0 Å². The van der Waals surface area contributed by atoms with E-state index >= 15 is 0 Å². The lowest BCUT2D eigenvalue weighted by Crippen LogP contribution is -2.15. The molecule has 1 aromatic carbocycles. The molecule has 0 spiro atoms. The van der Waals surface area contributed by atoms with Gasteiger partial charge in [0.15, 0.2) is 0 Å². The largest absolute Gasteiger partial charge is 0.324 e. The minimum atomic E-state index is -0.0339. The monoisotopic (exact) mass is 304 g/mol. The molecule has 4 heteroatoms. The summed E-state index contributed by atoms with van der Waals surface area (Å²) < 4.78 is 0.765. The molecule has 0 aliphatic rings. The number of hydrogen-bond acceptors (Lipinski definition) is 2. The van der Waals surface area contributed by atoms with Crippen LogP contribution < -0.4 is 5.32 Å². The predicted molar refractivity (Wildman–Crippen MR) is 75.4 cm³/mol. The molecule has 0 saturated heterocycles. The first kappa shape index (κ1) is 12.8. The zero-order valence-electron chi connectivity index (χ0n) is 9.98. The molecule has 3 nitrogen and oxygen atoms in total. The van der Waals surface area contributed by atoms with Crippen LogP contribution in [0.3, 0.4) is 0 Å². The van der Waals surface area contributed by atoms with Gasteiger partial charge in [-0.05, 0) is 40.5 Å². The van der Waals surface area contributed by atoms with Crippen molar-refractivity contribution in [2.45, 2.75) is 13.3 Å². The summed E-state index contributed by atoms with van der Waals surface area (Å²) in [7, 11) is 0. The Hall–Kier alpha value is -1.68. The number of carbonyl (C=O) groups is 1. The minimum Gasteiger partial charge on any atom is -0.324 e. The van der Waals surface area contributed by atoms with E-state index in [0.717, 1.165) is 21.5 Å². The number of aromatic nitrogens is 1. The van der Waals surface area contributed by atoms with Gasteiger partial charge in [-0.15, -0.1) is 0 Å². The Morgan fingerprint density at radius 2 is 1.94 bits per heavy atom. The Morgan fingerprint density at radius 3 is 2.61 bits per heavy atom. The average molecular weight is 305 g/mol. The number of pyridine rings is 1. The third-order valence-electron chi connectivity index (χ3n) is 2.53. The molecule has 2 aromatic rings. The van der Waals surface area contributed by atoms with E-state index in [-0.39, 0.29) is 5.91 Å².